The number of aromatic amines is 1. The van der Waals surface area contributed by atoms with E-state index in [2.05, 4.69) is 27.4 Å². The first-order valence-electron chi connectivity index (χ1n) is 12.2. The molecule has 2 N–H and O–H groups in total. The lowest BCUT2D eigenvalue weighted by Gasteiger charge is -2.24. The van der Waals surface area contributed by atoms with Gasteiger partial charge >= 0.3 is 0 Å². The molecule has 2 aromatic heterocycles. The molecule has 0 spiro atoms. The lowest BCUT2D eigenvalue weighted by Crippen LogP contribution is -2.32. The van der Waals surface area contributed by atoms with Gasteiger partial charge in [-0.05, 0) is 67.9 Å². The van der Waals surface area contributed by atoms with Crippen molar-refractivity contribution >= 4 is 50.9 Å². The van der Waals surface area contributed by atoms with Gasteiger partial charge in [-0.2, -0.15) is 0 Å². The Bertz CT molecular complexity index is 1710. The van der Waals surface area contributed by atoms with Gasteiger partial charge in [0.2, 0.25) is 0 Å². The summed E-state index contributed by atoms with van der Waals surface area (Å²) in [5.74, 6) is 0.638. The molecule has 3 heterocycles. The van der Waals surface area contributed by atoms with E-state index in [-0.39, 0.29) is 5.43 Å². The Morgan fingerprint density at radius 2 is 1.97 bits per heavy atom. The predicted octanol–water partition coefficient (Wildman–Crippen LogP) is 5.44. The van der Waals surface area contributed by atoms with Crippen LogP contribution in [0.2, 0.25) is 0 Å². The number of hydrogen-bond donors (Lipinski definition) is 2. The summed E-state index contributed by atoms with van der Waals surface area (Å²) in [6.07, 6.45) is 5.00. The molecule has 0 aliphatic carbocycles. The first-order valence-corrected chi connectivity index (χ1v) is 12.6. The minimum absolute atomic E-state index is 0.0933. The first-order chi connectivity index (χ1) is 18.1. The topological polar surface area (TPSA) is 86.5 Å². The summed E-state index contributed by atoms with van der Waals surface area (Å²) >= 11 is 5.77. The summed E-state index contributed by atoms with van der Waals surface area (Å²) in [6, 6.07) is 21.3. The fraction of sp³-hybridized carbons (Fsp3) is 0.172. The number of amidine groups is 1. The third-order valence-corrected chi connectivity index (χ3v) is 6.95. The molecular formula is C29H25N5O2S. The number of anilines is 1. The molecule has 3 aromatic carbocycles. The van der Waals surface area contributed by atoms with Gasteiger partial charge in [0.1, 0.15) is 23.7 Å². The maximum atomic E-state index is 13.8. The zero-order chi connectivity index (χ0) is 25.4. The van der Waals surface area contributed by atoms with Crippen LogP contribution in [-0.4, -0.2) is 27.5 Å². The third-order valence-electron chi connectivity index (χ3n) is 6.65. The van der Waals surface area contributed by atoms with Gasteiger partial charge in [-0.1, -0.05) is 42.0 Å². The van der Waals surface area contributed by atoms with Gasteiger partial charge in [0, 0.05) is 12.2 Å². The number of nitrogens with one attached hydrogen (secondary N) is 2. The molecule has 6 rings (SSSR count). The van der Waals surface area contributed by atoms with Crippen LogP contribution in [0.1, 0.15) is 29.2 Å². The Morgan fingerprint density at radius 3 is 2.84 bits per heavy atom. The number of aromatic nitrogens is 2. The molecule has 1 saturated heterocycles. The smallest absolute Gasteiger partial charge is 0.198 e. The SMILES string of the molecule is Cc1ccc2occ(C3C(=NCCCc4ccccc4)NC(=S)N3c3ccc4[nH]cnc4c3)c(=O)c2c1. The maximum Gasteiger partial charge on any atom is 0.198 e. The average molecular weight is 508 g/mol. The fourth-order valence-electron chi connectivity index (χ4n) is 4.80. The Hall–Kier alpha value is -4.30. The second kappa shape index (κ2) is 9.63. The lowest BCUT2D eigenvalue weighted by molar-refractivity contribution is 0.590. The van der Waals surface area contributed by atoms with E-state index in [1.54, 1.807) is 12.6 Å². The van der Waals surface area contributed by atoms with Gasteiger partial charge in [-0.25, -0.2) is 4.98 Å². The highest BCUT2D eigenvalue weighted by Crippen LogP contribution is 2.33. The number of rotatable bonds is 6. The van der Waals surface area contributed by atoms with E-state index in [0.29, 0.717) is 34.0 Å². The Labute approximate surface area is 218 Å². The van der Waals surface area contributed by atoms with E-state index in [1.165, 1.54) is 5.56 Å². The maximum absolute atomic E-state index is 13.8. The molecule has 1 aliphatic heterocycles. The van der Waals surface area contributed by atoms with E-state index in [4.69, 9.17) is 21.6 Å². The fourth-order valence-corrected chi connectivity index (χ4v) is 5.12. The van der Waals surface area contributed by atoms with Crippen molar-refractivity contribution in [2.45, 2.75) is 25.8 Å². The van der Waals surface area contributed by atoms with E-state index < -0.39 is 6.04 Å². The summed E-state index contributed by atoms with van der Waals surface area (Å²) in [6.45, 7) is 2.56. The highest BCUT2D eigenvalue weighted by molar-refractivity contribution is 7.80. The van der Waals surface area contributed by atoms with Crippen LogP contribution in [0.25, 0.3) is 22.0 Å². The summed E-state index contributed by atoms with van der Waals surface area (Å²) < 4.78 is 5.93. The van der Waals surface area contributed by atoms with E-state index in [0.717, 1.165) is 35.1 Å². The molecule has 37 heavy (non-hydrogen) atoms. The minimum Gasteiger partial charge on any atom is -0.464 e. The molecule has 1 atom stereocenters. The molecule has 1 unspecified atom stereocenters. The normalized spacial score (nSPS) is 16.7. The molecule has 1 aliphatic rings. The van der Waals surface area contributed by atoms with E-state index in [1.807, 2.05) is 66.4 Å². The Kier molecular flexibility index (Phi) is 6.02. The number of H-pyrrole nitrogens is 1. The molecule has 1 fully saturated rings. The van der Waals surface area contributed by atoms with Crippen LogP contribution in [0.3, 0.4) is 0 Å². The van der Waals surface area contributed by atoms with Crippen molar-refractivity contribution in [1.82, 2.24) is 15.3 Å². The summed E-state index contributed by atoms with van der Waals surface area (Å²) in [7, 11) is 0. The van der Waals surface area contributed by atoms with Crippen LogP contribution < -0.4 is 15.6 Å². The van der Waals surface area contributed by atoms with Crippen LogP contribution in [0.4, 0.5) is 5.69 Å². The monoisotopic (exact) mass is 507 g/mol. The van der Waals surface area contributed by atoms with Gasteiger partial charge in [-0.15, -0.1) is 0 Å². The number of nitrogens with zero attached hydrogens (tertiary/aromatic N) is 3. The third kappa shape index (κ3) is 4.40. The largest absolute Gasteiger partial charge is 0.464 e. The standard InChI is InChI=1S/C29H25N5O2S/c1-18-9-12-25-21(14-18)27(35)22(16-36-25)26-28(30-13-5-8-19-6-3-2-4-7-19)33-29(37)34(26)20-10-11-23-24(15-20)32-17-31-23/h2-4,6-7,9-12,14-17,26H,5,8,13H2,1H3,(H,31,32)(H,30,33,37). The van der Waals surface area contributed by atoms with Crippen molar-refractivity contribution in [3.05, 3.63) is 106 Å². The number of thiocarbonyl (C=S) groups is 1. The molecule has 7 nitrogen and oxygen atoms in total. The van der Waals surface area contributed by atoms with E-state index in [9.17, 15) is 4.79 Å². The van der Waals surface area contributed by atoms with Crippen molar-refractivity contribution in [2.24, 2.45) is 4.99 Å². The number of fused-ring (bicyclic) bond motifs is 2. The number of aryl methyl sites for hydroxylation is 2. The zero-order valence-electron chi connectivity index (χ0n) is 20.3. The molecule has 8 heteroatoms. The van der Waals surface area contributed by atoms with Crippen molar-refractivity contribution < 1.29 is 4.42 Å². The first kappa shape index (κ1) is 23.1. The average Bonchev–Trinajstić information content (AvgIpc) is 3.51. The van der Waals surface area contributed by atoms with Crippen LogP contribution in [0.15, 0.2) is 93.5 Å². The summed E-state index contributed by atoms with van der Waals surface area (Å²) in [5, 5.41) is 4.30. The molecular weight excluding hydrogens is 482 g/mol. The second-order valence-corrected chi connectivity index (χ2v) is 9.57. The highest BCUT2D eigenvalue weighted by atomic mass is 32.1. The minimum atomic E-state index is -0.540. The van der Waals surface area contributed by atoms with Crippen LogP contribution in [0.5, 0.6) is 0 Å². The van der Waals surface area contributed by atoms with Gasteiger partial charge in [0.15, 0.2) is 10.5 Å². The Balaban J connectivity index is 1.41. The van der Waals surface area contributed by atoms with Crippen molar-refractivity contribution in [3.63, 3.8) is 0 Å². The van der Waals surface area contributed by atoms with Gasteiger partial charge < -0.3 is 19.6 Å². The van der Waals surface area contributed by atoms with Crippen LogP contribution >= 0.6 is 12.2 Å². The molecule has 0 saturated carbocycles. The summed E-state index contributed by atoms with van der Waals surface area (Å²) in [4.78, 5) is 28.1. The van der Waals surface area contributed by atoms with Crippen molar-refractivity contribution in [3.8, 4) is 0 Å². The number of aliphatic imine (C=N–C) groups is 1. The lowest BCUT2D eigenvalue weighted by atomic mass is 10.0. The van der Waals surface area contributed by atoms with E-state index >= 15 is 0 Å². The van der Waals surface area contributed by atoms with Gasteiger partial charge in [-0.3, -0.25) is 9.79 Å². The highest BCUT2D eigenvalue weighted by Gasteiger charge is 2.38. The number of hydrogen-bond acceptors (Lipinski definition) is 5. The molecule has 5 aromatic rings. The predicted molar refractivity (Wildman–Crippen MR) is 151 cm³/mol. The number of benzene rings is 3. The van der Waals surface area contributed by atoms with Crippen molar-refractivity contribution in [2.75, 3.05) is 11.4 Å². The van der Waals surface area contributed by atoms with Crippen LogP contribution in [-0.2, 0) is 6.42 Å². The van der Waals surface area contributed by atoms with Gasteiger partial charge in [0.05, 0.1) is 28.3 Å². The van der Waals surface area contributed by atoms with Crippen molar-refractivity contribution in [1.29, 1.82) is 0 Å². The summed E-state index contributed by atoms with van der Waals surface area (Å²) in [5.41, 5.74) is 5.77. The zero-order valence-corrected chi connectivity index (χ0v) is 21.1. The quantitative estimate of drug-likeness (QED) is 0.235. The molecule has 0 amide bonds. The Morgan fingerprint density at radius 1 is 1.11 bits per heavy atom. The molecule has 0 bridgehead atoms. The second-order valence-electron chi connectivity index (χ2n) is 9.18. The number of imidazole rings is 1. The molecule has 0 radical (unpaired) electrons. The van der Waals surface area contributed by atoms with Gasteiger partial charge in [0.25, 0.3) is 0 Å². The molecule has 184 valence electrons. The van der Waals surface area contributed by atoms with Crippen LogP contribution in [0, 0.1) is 6.92 Å².